The van der Waals surface area contributed by atoms with E-state index >= 15 is 0 Å². The lowest BCUT2D eigenvalue weighted by Gasteiger charge is -2.07. The van der Waals surface area contributed by atoms with Crippen molar-refractivity contribution >= 4 is 31.3 Å². The third-order valence-corrected chi connectivity index (χ3v) is 4.82. The number of hydrogen-bond acceptors (Lipinski definition) is 4. The van der Waals surface area contributed by atoms with Crippen molar-refractivity contribution in [2.45, 2.75) is 45.3 Å². The fourth-order valence-corrected chi connectivity index (χ4v) is 3.13. The third kappa shape index (κ3) is 3.25. The first-order valence-corrected chi connectivity index (χ1v) is 9.19. The van der Waals surface area contributed by atoms with Crippen molar-refractivity contribution in [2.75, 3.05) is 0 Å². The van der Waals surface area contributed by atoms with Crippen LogP contribution in [0.5, 0.6) is 0 Å². The van der Waals surface area contributed by atoms with Crippen molar-refractivity contribution in [2.24, 2.45) is 0 Å². The SMILES string of the molecule is CCc1nn(CC)c(Cn2cc(S(=O)(=O)Cl)nc2C)c1Cl. The summed E-state index contributed by atoms with van der Waals surface area (Å²) >= 11 is 6.35. The molecule has 0 aliphatic carbocycles. The Balaban J connectivity index is 2.43. The van der Waals surface area contributed by atoms with Crippen molar-refractivity contribution in [1.29, 1.82) is 0 Å². The van der Waals surface area contributed by atoms with Crippen LogP contribution in [-0.4, -0.2) is 27.7 Å². The summed E-state index contributed by atoms with van der Waals surface area (Å²) in [5, 5.41) is 4.89. The summed E-state index contributed by atoms with van der Waals surface area (Å²) in [5.74, 6) is 0.548. The van der Waals surface area contributed by atoms with Gasteiger partial charge in [0.2, 0.25) is 0 Å². The number of hydrogen-bond donors (Lipinski definition) is 0. The third-order valence-electron chi connectivity index (χ3n) is 3.22. The average molecular weight is 351 g/mol. The first-order valence-electron chi connectivity index (χ1n) is 6.50. The Morgan fingerprint density at radius 1 is 1.33 bits per heavy atom. The molecular weight excluding hydrogens is 335 g/mol. The van der Waals surface area contributed by atoms with Gasteiger partial charge >= 0.3 is 0 Å². The molecule has 0 radical (unpaired) electrons. The minimum Gasteiger partial charge on any atom is -0.328 e. The van der Waals surface area contributed by atoms with Gasteiger partial charge in [0, 0.05) is 23.4 Å². The van der Waals surface area contributed by atoms with E-state index in [-0.39, 0.29) is 5.03 Å². The van der Waals surface area contributed by atoms with Gasteiger partial charge in [0.25, 0.3) is 9.05 Å². The summed E-state index contributed by atoms with van der Waals surface area (Å²) in [5.41, 5.74) is 1.66. The number of nitrogens with zero attached hydrogens (tertiary/aromatic N) is 4. The maximum atomic E-state index is 11.3. The van der Waals surface area contributed by atoms with Crippen LogP contribution < -0.4 is 0 Å². The van der Waals surface area contributed by atoms with E-state index in [2.05, 4.69) is 10.1 Å². The van der Waals surface area contributed by atoms with E-state index in [1.54, 1.807) is 11.5 Å². The Bertz CT molecular complexity index is 765. The van der Waals surface area contributed by atoms with E-state index in [0.717, 1.165) is 17.8 Å². The second-order valence-corrected chi connectivity index (χ2v) is 7.46. The molecule has 2 heterocycles. The molecule has 0 N–H and O–H groups in total. The Morgan fingerprint density at radius 2 is 2.00 bits per heavy atom. The summed E-state index contributed by atoms with van der Waals surface area (Å²) in [6.45, 7) is 6.75. The number of aryl methyl sites for hydroxylation is 3. The molecule has 0 aliphatic heterocycles. The molecule has 0 unspecified atom stereocenters. The van der Waals surface area contributed by atoms with Crippen molar-refractivity contribution in [3.63, 3.8) is 0 Å². The molecule has 21 heavy (non-hydrogen) atoms. The molecule has 6 nitrogen and oxygen atoms in total. The molecule has 0 bridgehead atoms. The van der Waals surface area contributed by atoms with Crippen LogP contribution in [0.1, 0.15) is 31.1 Å². The highest BCUT2D eigenvalue weighted by atomic mass is 35.7. The molecule has 0 atom stereocenters. The molecule has 2 aromatic rings. The summed E-state index contributed by atoms with van der Waals surface area (Å²) in [7, 11) is 1.48. The molecule has 0 saturated carbocycles. The van der Waals surface area contributed by atoms with Gasteiger partial charge in [-0.25, -0.2) is 13.4 Å². The standard InChI is InChI=1S/C12H16Cl2N4O2S/c1-4-9-12(13)10(18(5-2)16-9)6-17-7-11(15-8(17)3)21(14,19)20/h7H,4-6H2,1-3H3. The molecule has 2 aromatic heterocycles. The zero-order chi connectivity index (χ0) is 15.8. The Hall–Kier alpha value is -1.05. The Morgan fingerprint density at radius 3 is 2.48 bits per heavy atom. The highest BCUT2D eigenvalue weighted by molar-refractivity contribution is 8.13. The van der Waals surface area contributed by atoms with Crippen LogP contribution in [0.4, 0.5) is 0 Å². The Kier molecular flexibility index (Phi) is 4.65. The van der Waals surface area contributed by atoms with Crippen LogP contribution in [0.25, 0.3) is 0 Å². The second kappa shape index (κ2) is 5.98. The van der Waals surface area contributed by atoms with E-state index in [4.69, 9.17) is 22.3 Å². The van der Waals surface area contributed by atoms with Crippen LogP contribution in [0.15, 0.2) is 11.2 Å². The number of imidazole rings is 1. The maximum absolute atomic E-state index is 11.3. The molecule has 2 rings (SSSR count). The fraction of sp³-hybridized carbons (Fsp3) is 0.500. The normalized spacial score (nSPS) is 12.0. The molecule has 0 aromatic carbocycles. The highest BCUT2D eigenvalue weighted by Gasteiger charge is 2.19. The lowest BCUT2D eigenvalue weighted by molar-refractivity contribution is 0.590. The number of aromatic nitrogens is 4. The number of rotatable bonds is 5. The fourth-order valence-electron chi connectivity index (χ4n) is 2.09. The zero-order valence-corrected chi connectivity index (χ0v) is 14.3. The molecule has 0 saturated heterocycles. The quantitative estimate of drug-likeness (QED) is 0.777. The molecule has 0 spiro atoms. The first-order chi connectivity index (χ1) is 9.77. The van der Waals surface area contributed by atoms with Crippen molar-refractivity contribution in [3.8, 4) is 0 Å². The predicted octanol–water partition coefficient (Wildman–Crippen LogP) is 2.60. The van der Waals surface area contributed by atoms with Gasteiger partial charge in [-0.1, -0.05) is 18.5 Å². The van der Waals surface area contributed by atoms with Gasteiger partial charge in [0.1, 0.15) is 5.82 Å². The molecule has 9 heteroatoms. The van der Waals surface area contributed by atoms with E-state index in [0.29, 0.717) is 23.9 Å². The second-order valence-electron chi connectivity index (χ2n) is 4.57. The zero-order valence-electron chi connectivity index (χ0n) is 12.0. The molecule has 0 fully saturated rings. The Labute approximate surface area is 133 Å². The minimum absolute atomic E-state index is 0.156. The van der Waals surface area contributed by atoms with Gasteiger partial charge in [0.05, 0.1) is 23.0 Å². The number of halogens is 2. The predicted molar refractivity (Wildman–Crippen MR) is 81.4 cm³/mol. The van der Waals surface area contributed by atoms with E-state index < -0.39 is 9.05 Å². The van der Waals surface area contributed by atoms with Gasteiger partial charge in [-0.3, -0.25) is 4.68 Å². The van der Waals surface area contributed by atoms with Crippen LogP contribution >= 0.6 is 22.3 Å². The van der Waals surface area contributed by atoms with Gasteiger partial charge in [-0.2, -0.15) is 5.10 Å². The lowest BCUT2D eigenvalue weighted by Crippen LogP contribution is -2.08. The van der Waals surface area contributed by atoms with Crippen LogP contribution in [-0.2, 0) is 28.6 Å². The van der Waals surface area contributed by atoms with Gasteiger partial charge in [0.15, 0.2) is 5.03 Å². The van der Waals surface area contributed by atoms with Crippen molar-refractivity contribution < 1.29 is 8.42 Å². The van der Waals surface area contributed by atoms with E-state index in [1.807, 2.05) is 18.5 Å². The maximum Gasteiger partial charge on any atom is 0.280 e. The van der Waals surface area contributed by atoms with Crippen molar-refractivity contribution in [1.82, 2.24) is 19.3 Å². The van der Waals surface area contributed by atoms with Gasteiger partial charge in [-0.15, -0.1) is 0 Å². The smallest absolute Gasteiger partial charge is 0.280 e. The van der Waals surface area contributed by atoms with Crippen LogP contribution in [0.2, 0.25) is 5.02 Å². The highest BCUT2D eigenvalue weighted by Crippen LogP contribution is 2.24. The topological polar surface area (TPSA) is 69.8 Å². The van der Waals surface area contributed by atoms with Crippen LogP contribution in [0.3, 0.4) is 0 Å². The lowest BCUT2D eigenvalue weighted by atomic mass is 10.3. The average Bonchev–Trinajstić information content (AvgIpc) is 2.92. The first kappa shape index (κ1) is 16.3. The summed E-state index contributed by atoms with van der Waals surface area (Å²) in [6.07, 6.45) is 2.15. The van der Waals surface area contributed by atoms with Gasteiger partial charge in [-0.05, 0) is 20.3 Å². The molecule has 116 valence electrons. The van der Waals surface area contributed by atoms with Crippen molar-refractivity contribution in [3.05, 3.63) is 28.4 Å². The molecular formula is C12H16Cl2N4O2S. The largest absolute Gasteiger partial charge is 0.328 e. The van der Waals surface area contributed by atoms with E-state index in [1.165, 1.54) is 6.20 Å². The molecule has 0 aliphatic rings. The molecule has 0 amide bonds. The summed E-state index contributed by atoms with van der Waals surface area (Å²) < 4.78 is 26.2. The summed E-state index contributed by atoms with van der Waals surface area (Å²) in [6, 6.07) is 0. The minimum atomic E-state index is -3.84. The van der Waals surface area contributed by atoms with E-state index in [9.17, 15) is 8.42 Å². The summed E-state index contributed by atoms with van der Waals surface area (Å²) in [4.78, 5) is 3.96. The van der Waals surface area contributed by atoms with Crippen LogP contribution in [0, 0.1) is 6.92 Å². The monoisotopic (exact) mass is 350 g/mol. The van der Waals surface area contributed by atoms with Gasteiger partial charge < -0.3 is 4.57 Å².